The second-order valence-electron chi connectivity index (χ2n) is 3.39. The lowest BCUT2D eigenvalue weighted by Crippen LogP contribution is -2.42. The van der Waals surface area contributed by atoms with Crippen molar-refractivity contribution in [2.45, 2.75) is 6.04 Å². The lowest BCUT2D eigenvalue weighted by Gasteiger charge is -2.25. The summed E-state index contributed by atoms with van der Waals surface area (Å²) in [6.45, 7) is 0.296. The lowest BCUT2D eigenvalue weighted by atomic mass is 10.2. The molecule has 1 unspecified atom stereocenters. The van der Waals surface area contributed by atoms with E-state index in [1.165, 1.54) is 0 Å². The maximum Gasteiger partial charge on any atom is 0.249 e. The van der Waals surface area contributed by atoms with Crippen molar-refractivity contribution in [1.29, 1.82) is 0 Å². The number of hydrogen-bond donors (Lipinski definition) is 2. The highest BCUT2D eigenvalue weighted by Gasteiger charge is 2.26. The van der Waals surface area contributed by atoms with Crippen LogP contribution in [0.15, 0.2) is 12.1 Å². The zero-order chi connectivity index (χ0) is 11.5. The quantitative estimate of drug-likeness (QED) is 0.779. The Labute approximate surface area is 93.0 Å². The maximum atomic E-state index is 11.6. The monoisotopic (exact) mass is 223 g/mol. The Hall–Kier alpha value is -1.82. The summed E-state index contributed by atoms with van der Waals surface area (Å²) in [7, 11) is 3.09. The van der Waals surface area contributed by atoms with Gasteiger partial charge in [-0.2, -0.15) is 4.98 Å². The first-order valence-corrected chi connectivity index (χ1v) is 4.86. The Morgan fingerprint density at radius 1 is 1.44 bits per heavy atom. The number of carbonyl (C=O) groups is 1. The summed E-state index contributed by atoms with van der Waals surface area (Å²) in [4.78, 5) is 15.8. The topological polar surface area (TPSA) is 72.5 Å². The third-order valence-corrected chi connectivity index (χ3v) is 2.30. The van der Waals surface area contributed by atoms with E-state index >= 15 is 0 Å². The van der Waals surface area contributed by atoms with Crippen LogP contribution in [0, 0.1) is 0 Å². The fraction of sp³-hybridized carbons (Fsp3) is 0.400. The summed E-state index contributed by atoms with van der Waals surface area (Å²) in [5.74, 6) is 0.973. The van der Waals surface area contributed by atoms with Crippen molar-refractivity contribution in [3.05, 3.63) is 12.1 Å². The van der Waals surface area contributed by atoms with Gasteiger partial charge in [0.2, 0.25) is 11.8 Å². The number of anilines is 2. The molecule has 1 aliphatic rings. The van der Waals surface area contributed by atoms with Crippen molar-refractivity contribution in [1.82, 2.24) is 4.98 Å². The molecule has 86 valence electrons. The largest absolute Gasteiger partial charge is 0.481 e. The van der Waals surface area contributed by atoms with Crippen LogP contribution >= 0.6 is 0 Å². The third-order valence-electron chi connectivity index (χ3n) is 2.30. The molecule has 0 saturated heterocycles. The number of methoxy groups -OCH3 is 2. The van der Waals surface area contributed by atoms with Gasteiger partial charge in [0.25, 0.3) is 0 Å². The molecule has 2 N–H and O–H groups in total. The molecule has 1 atom stereocenters. The third kappa shape index (κ3) is 1.92. The van der Waals surface area contributed by atoms with Crippen LogP contribution in [-0.4, -0.2) is 37.8 Å². The second kappa shape index (κ2) is 4.36. The van der Waals surface area contributed by atoms with Crippen molar-refractivity contribution in [3.8, 4) is 5.88 Å². The number of amides is 1. The maximum absolute atomic E-state index is 11.6. The molecular formula is C10H13N3O3. The first-order chi connectivity index (χ1) is 7.74. The van der Waals surface area contributed by atoms with Crippen LogP contribution in [0.4, 0.5) is 11.5 Å². The molecule has 1 amide bonds. The van der Waals surface area contributed by atoms with E-state index in [2.05, 4.69) is 15.6 Å². The first kappa shape index (κ1) is 10.7. The Balaban J connectivity index is 2.25. The van der Waals surface area contributed by atoms with Gasteiger partial charge in [-0.15, -0.1) is 0 Å². The minimum atomic E-state index is -0.419. The van der Waals surface area contributed by atoms with Crippen LogP contribution in [0.5, 0.6) is 5.88 Å². The van der Waals surface area contributed by atoms with Crippen molar-refractivity contribution in [3.63, 3.8) is 0 Å². The molecule has 1 aromatic heterocycles. The van der Waals surface area contributed by atoms with Gasteiger partial charge in [-0.25, -0.2) is 0 Å². The molecule has 0 aromatic carbocycles. The molecule has 0 bridgehead atoms. The van der Waals surface area contributed by atoms with Gasteiger partial charge in [0.05, 0.1) is 19.4 Å². The van der Waals surface area contributed by atoms with E-state index in [0.717, 1.165) is 0 Å². The Kier molecular flexibility index (Phi) is 2.91. The minimum absolute atomic E-state index is 0.124. The van der Waals surface area contributed by atoms with Gasteiger partial charge in [0.1, 0.15) is 6.04 Å². The summed E-state index contributed by atoms with van der Waals surface area (Å²) in [6.07, 6.45) is 0. The molecular weight excluding hydrogens is 210 g/mol. The van der Waals surface area contributed by atoms with Gasteiger partial charge in [-0.3, -0.25) is 4.79 Å². The van der Waals surface area contributed by atoms with Crippen molar-refractivity contribution < 1.29 is 14.3 Å². The molecule has 0 spiro atoms. The SMILES string of the molecule is COCC1Nc2nc(OC)ccc2NC1=O. The van der Waals surface area contributed by atoms with E-state index in [0.29, 0.717) is 24.0 Å². The van der Waals surface area contributed by atoms with Gasteiger partial charge in [-0.1, -0.05) is 0 Å². The number of fused-ring (bicyclic) bond motifs is 1. The molecule has 2 rings (SSSR count). The van der Waals surface area contributed by atoms with Gasteiger partial charge < -0.3 is 20.1 Å². The Bertz CT molecular complexity index is 408. The number of nitrogens with zero attached hydrogens (tertiary/aromatic N) is 1. The van der Waals surface area contributed by atoms with Crippen molar-refractivity contribution in [2.24, 2.45) is 0 Å². The van der Waals surface area contributed by atoms with Crippen molar-refractivity contribution >= 4 is 17.4 Å². The van der Waals surface area contributed by atoms with E-state index in [4.69, 9.17) is 9.47 Å². The average Bonchev–Trinajstić information content (AvgIpc) is 2.30. The van der Waals surface area contributed by atoms with Crippen LogP contribution in [0.2, 0.25) is 0 Å². The fourth-order valence-electron chi connectivity index (χ4n) is 1.50. The molecule has 6 heteroatoms. The van der Waals surface area contributed by atoms with Crippen LogP contribution in [0.3, 0.4) is 0 Å². The highest BCUT2D eigenvalue weighted by Crippen LogP contribution is 2.26. The van der Waals surface area contributed by atoms with E-state index in [1.807, 2.05) is 0 Å². The van der Waals surface area contributed by atoms with Gasteiger partial charge in [-0.05, 0) is 6.07 Å². The fourth-order valence-corrected chi connectivity index (χ4v) is 1.50. The summed E-state index contributed by atoms with van der Waals surface area (Å²) in [5.41, 5.74) is 0.651. The van der Waals surface area contributed by atoms with Crippen LogP contribution in [0.25, 0.3) is 0 Å². The molecule has 0 radical (unpaired) electrons. The molecule has 0 fully saturated rings. The van der Waals surface area contributed by atoms with Crippen molar-refractivity contribution in [2.75, 3.05) is 31.5 Å². The van der Waals surface area contributed by atoms with E-state index < -0.39 is 6.04 Å². The molecule has 0 aliphatic carbocycles. The highest BCUT2D eigenvalue weighted by molar-refractivity contribution is 6.02. The molecule has 0 saturated carbocycles. The number of pyridine rings is 1. The molecule has 2 heterocycles. The molecule has 1 aromatic rings. The van der Waals surface area contributed by atoms with Gasteiger partial charge in [0, 0.05) is 13.2 Å². The average molecular weight is 223 g/mol. The molecule has 6 nitrogen and oxygen atoms in total. The second-order valence-corrected chi connectivity index (χ2v) is 3.39. The predicted molar refractivity (Wildman–Crippen MR) is 58.7 cm³/mol. The van der Waals surface area contributed by atoms with Crippen LogP contribution in [0.1, 0.15) is 0 Å². The van der Waals surface area contributed by atoms with Gasteiger partial charge >= 0.3 is 0 Å². The van der Waals surface area contributed by atoms with E-state index in [1.54, 1.807) is 26.4 Å². The molecule has 1 aliphatic heterocycles. The summed E-state index contributed by atoms with van der Waals surface area (Å²) < 4.78 is 9.95. The Morgan fingerprint density at radius 2 is 2.25 bits per heavy atom. The zero-order valence-electron chi connectivity index (χ0n) is 9.11. The highest BCUT2D eigenvalue weighted by atomic mass is 16.5. The van der Waals surface area contributed by atoms with Gasteiger partial charge in [0.15, 0.2) is 5.82 Å². The number of ether oxygens (including phenoxy) is 2. The van der Waals surface area contributed by atoms with Crippen LogP contribution < -0.4 is 15.4 Å². The first-order valence-electron chi connectivity index (χ1n) is 4.86. The smallest absolute Gasteiger partial charge is 0.249 e. The summed E-state index contributed by atoms with van der Waals surface area (Å²) in [6, 6.07) is 3.02. The zero-order valence-corrected chi connectivity index (χ0v) is 9.11. The number of aromatic nitrogens is 1. The molecule has 16 heavy (non-hydrogen) atoms. The standard InChI is InChI=1S/C10H13N3O3/c1-15-5-7-10(14)12-6-3-4-8(16-2)13-9(6)11-7/h3-4,7H,5H2,1-2H3,(H,11,13)(H,12,14). The number of rotatable bonds is 3. The lowest BCUT2D eigenvalue weighted by molar-refractivity contribution is -0.118. The summed E-state index contributed by atoms with van der Waals surface area (Å²) >= 11 is 0. The van der Waals surface area contributed by atoms with E-state index in [9.17, 15) is 4.79 Å². The van der Waals surface area contributed by atoms with E-state index in [-0.39, 0.29) is 5.91 Å². The number of nitrogens with one attached hydrogen (secondary N) is 2. The number of carbonyl (C=O) groups excluding carboxylic acids is 1. The Morgan fingerprint density at radius 3 is 2.94 bits per heavy atom. The predicted octanol–water partition coefficient (Wildman–Crippen LogP) is 0.469. The minimum Gasteiger partial charge on any atom is -0.481 e. The van der Waals surface area contributed by atoms with Crippen LogP contribution in [-0.2, 0) is 9.53 Å². The number of hydrogen-bond acceptors (Lipinski definition) is 5. The summed E-state index contributed by atoms with van der Waals surface area (Å²) in [5, 5.41) is 5.74. The normalized spacial score (nSPS) is 18.4.